The molecule has 1 aromatic heterocycles. The summed E-state index contributed by atoms with van der Waals surface area (Å²) in [6.07, 6.45) is 8.93. The van der Waals surface area contributed by atoms with Crippen LogP contribution in [0, 0.1) is 24.7 Å². The monoisotopic (exact) mass is 265 g/mol. The van der Waals surface area contributed by atoms with Gasteiger partial charge in [-0.3, -0.25) is 0 Å². The maximum absolute atomic E-state index is 3.82. The van der Waals surface area contributed by atoms with Crippen molar-refractivity contribution in [1.82, 2.24) is 4.98 Å². The van der Waals surface area contributed by atoms with Crippen molar-refractivity contribution in [2.75, 3.05) is 0 Å². The van der Waals surface area contributed by atoms with Gasteiger partial charge in [0.2, 0.25) is 0 Å². The molecule has 1 heteroatoms. The first-order valence-electron chi connectivity index (χ1n) is 8.31. The molecule has 0 amide bonds. The van der Waals surface area contributed by atoms with Crippen LogP contribution < -0.4 is 0 Å². The Morgan fingerprint density at radius 1 is 1.00 bits per heavy atom. The molecule has 2 aromatic rings. The third-order valence-corrected chi connectivity index (χ3v) is 6.47. The first-order chi connectivity index (χ1) is 9.72. The molecule has 4 saturated carbocycles. The number of aromatic amines is 1. The maximum Gasteiger partial charge on any atom is 0.0485 e. The largest absolute Gasteiger partial charge is 0.358 e. The van der Waals surface area contributed by atoms with E-state index in [1.54, 1.807) is 5.69 Å². The van der Waals surface area contributed by atoms with Crippen molar-refractivity contribution in [3.05, 3.63) is 35.5 Å². The molecule has 0 atom stereocenters. The van der Waals surface area contributed by atoms with E-state index in [1.165, 1.54) is 55.0 Å². The Balaban J connectivity index is 1.65. The molecule has 20 heavy (non-hydrogen) atoms. The van der Waals surface area contributed by atoms with Gasteiger partial charge in [-0.15, -0.1) is 0 Å². The smallest absolute Gasteiger partial charge is 0.0485 e. The highest BCUT2D eigenvalue weighted by Crippen LogP contribution is 2.60. The van der Waals surface area contributed by atoms with Crippen molar-refractivity contribution >= 4 is 10.9 Å². The van der Waals surface area contributed by atoms with Gasteiger partial charge in [-0.1, -0.05) is 18.2 Å². The number of para-hydroxylation sites is 1. The second kappa shape index (κ2) is 3.69. The third kappa shape index (κ3) is 1.44. The molecule has 1 heterocycles. The Bertz CT molecular complexity index is 643. The van der Waals surface area contributed by atoms with E-state index < -0.39 is 0 Å². The van der Waals surface area contributed by atoms with Gasteiger partial charge in [-0.05, 0) is 80.2 Å². The van der Waals surface area contributed by atoms with Crippen LogP contribution in [0.25, 0.3) is 10.9 Å². The van der Waals surface area contributed by atoms with Crippen LogP contribution in [0.5, 0.6) is 0 Å². The molecule has 4 aliphatic rings. The molecule has 104 valence electrons. The number of aromatic nitrogens is 1. The van der Waals surface area contributed by atoms with Crippen LogP contribution in [0.2, 0.25) is 0 Å². The summed E-state index contributed by atoms with van der Waals surface area (Å²) < 4.78 is 0. The van der Waals surface area contributed by atoms with Gasteiger partial charge in [0.1, 0.15) is 0 Å². The summed E-state index contributed by atoms with van der Waals surface area (Å²) in [5.41, 5.74) is 4.82. The average Bonchev–Trinajstić information content (AvgIpc) is 2.83. The van der Waals surface area contributed by atoms with E-state index in [4.69, 9.17) is 0 Å². The summed E-state index contributed by atoms with van der Waals surface area (Å²) in [7, 11) is 0. The van der Waals surface area contributed by atoms with E-state index in [0.29, 0.717) is 5.41 Å². The lowest BCUT2D eigenvalue weighted by Crippen LogP contribution is -2.48. The zero-order chi connectivity index (χ0) is 13.3. The van der Waals surface area contributed by atoms with Gasteiger partial charge in [0, 0.05) is 16.6 Å². The zero-order valence-corrected chi connectivity index (χ0v) is 12.3. The van der Waals surface area contributed by atoms with Gasteiger partial charge < -0.3 is 4.98 Å². The van der Waals surface area contributed by atoms with Gasteiger partial charge in [-0.2, -0.15) is 0 Å². The summed E-state index contributed by atoms with van der Waals surface area (Å²) >= 11 is 0. The topological polar surface area (TPSA) is 15.8 Å². The lowest BCUT2D eigenvalue weighted by atomic mass is 9.49. The lowest BCUT2D eigenvalue weighted by molar-refractivity contribution is -0.00686. The third-order valence-electron chi connectivity index (χ3n) is 6.47. The van der Waals surface area contributed by atoms with Crippen LogP contribution >= 0.6 is 0 Å². The van der Waals surface area contributed by atoms with Crippen molar-refractivity contribution in [3.8, 4) is 0 Å². The van der Waals surface area contributed by atoms with E-state index in [9.17, 15) is 0 Å². The number of rotatable bonds is 1. The summed E-state index contributed by atoms with van der Waals surface area (Å²) in [5.74, 6) is 3.07. The van der Waals surface area contributed by atoms with Gasteiger partial charge in [-0.25, -0.2) is 0 Å². The quantitative estimate of drug-likeness (QED) is 0.751. The van der Waals surface area contributed by atoms with Crippen LogP contribution in [0.4, 0.5) is 0 Å². The van der Waals surface area contributed by atoms with Gasteiger partial charge in [0.05, 0.1) is 0 Å². The molecule has 4 aliphatic carbocycles. The lowest BCUT2D eigenvalue weighted by Gasteiger charge is -2.56. The summed E-state index contributed by atoms with van der Waals surface area (Å²) in [5, 5.41) is 1.41. The normalized spacial score (nSPS) is 38.8. The van der Waals surface area contributed by atoms with Crippen molar-refractivity contribution < 1.29 is 0 Å². The minimum absolute atomic E-state index is 0.500. The Hall–Kier alpha value is -1.24. The molecule has 1 nitrogen and oxygen atoms in total. The molecule has 1 aromatic carbocycles. The molecule has 6 rings (SSSR count). The summed E-state index contributed by atoms with van der Waals surface area (Å²) in [6.45, 7) is 2.22. The molecular weight excluding hydrogens is 242 g/mol. The SMILES string of the molecule is Cc1cccc2cc(C34CC5CC(CC(C5)C3)C4)[nH]c12. The van der Waals surface area contributed by atoms with Crippen molar-refractivity contribution in [1.29, 1.82) is 0 Å². The molecule has 0 unspecified atom stereocenters. The highest BCUT2D eigenvalue weighted by Gasteiger charge is 2.52. The number of hydrogen-bond donors (Lipinski definition) is 1. The highest BCUT2D eigenvalue weighted by atomic mass is 14.8. The number of H-pyrrole nitrogens is 1. The van der Waals surface area contributed by atoms with Crippen molar-refractivity contribution in [2.45, 2.75) is 50.9 Å². The van der Waals surface area contributed by atoms with E-state index in [0.717, 1.165) is 17.8 Å². The van der Waals surface area contributed by atoms with Crippen LogP contribution in [-0.2, 0) is 5.41 Å². The number of nitrogens with one attached hydrogen (secondary N) is 1. The predicted octanol–water partition coefficient (Wildman–Crippen LogP) is 4.94. The molecule has 0 aliphatic heterocycles. The molecule has 0 radical (unpaired) electrons. The van der Waals surface area contributed by atoms with Crippen LogP contribution in [0.1, 0.15) is 49.8 Å². The molecular formula is C19H23N. The molecule has 0 spiro atoms. The Morgan fingerprint density at radius 3 is 2.25 bits per heavy atom. The summed E-state index contributed by atoms with van der Waals surface area (Å²) in [4.78, 5) is 3.82. The van der Waals surface area contributed by atoms with Crippen molar-refractivity contribution in [3.63, 3.8) is 0 Å². The molecule has 4 fully saturated rings. The average molecular weight is 265 g/mol. The maximum atomic E-state index is 3.82. The minimum atomic E-state index is 0.500. The van der Waals surface area contributed by atoms with E-state index in [1.807, 2.05) is 0 Å². The van der Waals surface area contributed by atoms with Crippen LogP contribution in [0.15, 0.2) is 24.3 Å². The number of hydrogen-bond acceptors (Lipinski definition) is 0. The second-order valence-corrected chi connectivity index (χ2v) is 7.92. The van der Waals surface area contributed by atoms with E-state index in [2.05, 4.69) is 36.2 Å². The number of aryl methyl sites for hydroxylation is 1. The number of benzene rings is 1. The first kappa shape index (κ1) is 11.4. The predicted molar refractivity (Wildman–Crippen MR) is 82.9 cm³/mol. The van der Waals surface area contributed by atoms with E-state index in [-0.39, 0.29) is 0 Å². The minimum Gasteiger partial charge on any atom is -0.358 e. The molecule has 1 N–H and O–H groups in total. The summed E-state index contributed by atoms with van der Waals surface area (Å²) in [6, 6.07) is 9.15. The van der Waals surface area contributed by atoms with Crippen molar-refractivity contribution in [2.24, 2.45) is 17.8 Å². The first-order valence-corrected chi connectivity index (χ1v) is 8.31. The molecule has 0 saturated heterocycles. The van der Waals surface area contributed by atoms with Gasteiger partial charge in [0.15, 0.2) is 0 Å². The Kier molecular flexibility index (Phi) is 2.11. The van der Waals surface area contributed by atoms with Gasteiger partial charge in [0.25, 0.3) is 0 Å². The fourth-order valence-corrected chi connectivity index (χ4v) is 6.03. The fraction of sp³-hybridized carbons (Fsp3) is 0.579. The zero-order valence-electron chi connectivity index (χ0n) is 12.3. The Morgan fingerprint density at radius 2 is 1.65 bits per heavy atom. The standard InChI is InChI=1S/C19H23N/c1-12-3-2-4-16-8-17(20-18(12)16)19-9-13-5-14(10-19)7-15(6-13)11-19/h2-4,8,13-15,20H,5-7,9-11H2,1H3. The Labute approximate surface area is 120 Å². The highest BCUT2D eigenvalue weighted by molar-refractivity contribution is 5.83. The van der Waals surface area contributed by atoms with Crippen LogP contribution in [0.3, 0.4) is 0 Å². The number of fused-ring (bicyclic) bond motifs is 1. The molecule has 4 bridgehead atoms. The van der Waals surface area contributed by atoms with Crippen LogP contribution in [-0.4, -0.2) is 4.98 Å². The second-order valence-electron chi connectivity index (χ2n) is 7.92. The van der Waals surface area contributed by atoms with E-state index >= 15 is 0 Å². The van der Waals surface area contributed by atoms with Gasteiger partial charge >= 0.3 is 0 Å². The fourth-order valence-electron chi connectivity index (χ4n) is 6.03.